The van der Waals surface area contributed by atoms with Gasteiger partial charge in [0.1, 0.15) is 6.61 Å². The van der Waals surface area contributed by atoms with Crippen LogP contribution in [0.5, 0.6) is 0 Å². The average Bonchev–Trinajstić information content (AvgIpc) is 2.34. The zero-order valence-corrected chi connectivity index (χ0v) is 16.3. The first kappa shape index (κ1) is 20.7. The van der Waals surface area contributed by atoms with Gasteiger partial charge in [0.2, 0.25) is 0 Å². The topological polar surface area (TPSA) is 55.8 Å². The number of rotatable bonds is 12. The van der Waals surface area contributed by atoms with Crippen molar-refractivity contribution in [1.29, 1.82) is 0 Å². The zero-order chi connectivity index (χ0) is 16.5. The normalized spacial score (nSPS) is 12.5. The molecular weight excluding hydrogens is 300 g/mol. The van der Waals surface area contributed by atoms with Gasteiger partial charge in [-0.2, -0.15) is 0 Å². The van der Waals surface area contributed by atoms with E-state index in [9.17, 15) is 4.79 Å². The summed E-state index contributed by atoms with van der Waals surface area (Å²) in [5.74, 6) is -0.0275. The molecule has 0 spiro atoms. The third-order valence-electron chi connectivity index (χ3n) is 3.27. The minimum Gasteiger partial charge on any atom is -0.455 e. The van der Waals surface area contributed by atoms with Crippen molar-refractivity contribution in [3.63, 3.8) is 0 Å². The molecule has 6 heteroatoms. The fourth-order valence-electron chi connectivity index (χ4n) is 2.24. The van der Waals surface area contributed by atoms with Gasteiger partial charge in [-0.1, -0.05) is 6.58 Å². The largest absolute Gasteiger partial charge is 0.455 e. The molecule has 124 valence electrons. The molecule has 0 aliphatic carbocycles. The smallest absolute Gasteiger partial charge is 0.183 e. The Morgan fingerprint density at radius 2 is 1.62 bits per heavy atom. The Balaban J connectivity index is 3.97. The molecule has 1 N–H and O–H groups in total. The molecule has 21 heavy (non-hydrogen) atoms. The quantitative estimate of drug-likeness (QED) is 0.338. The Kier molecular flexibility index (Phi) is 9.55. The lowest BCUT2D eigenvalue weighted by Gasteiger charge is -2.34. The van der Waals surface area contributed by atoms with Gasteiger partial charge >= 0.3 is 0 Å². The molecule has 0 fully saturated rings. The molecule has 0 unspecified atom stereocenters. The van der Waals surface area contributed by atoms with Gasteiger partial charge in [-0.15, -0.1) is 0 Å². The number of carbonyl (C=O) groups excluding carboxylic acids is 1. The molecule has 0 bridgehead atoms. The van der Waals surface area contributed by atoms with E-state index in [4.69, 9.17) is 14.0 Å². The first-order valence-corrected chi connectivity index (χ1v) is 13.9. The molecule has 0 amide bonds. The Bertz CT molecular complexity index is 341. The average molecular weight is 333 g/mol. The van der Waals surface area contributed by atoms with E-state index >= 15 is 0 Å². The number of Topliss-reactive ketones (excluding diaryl/α,β-unsaturated/α-hetero) is 1. The second kappa shape index (κ2) is 9.68. The van der Waals surface area contributed by atoms with Gasteiger partial charge in [0, 0.05) is 13.2 Å². The standard InChI is InChI=1S/C15H32O4Si2/c1-14(2)15(17)13-18-10-8-12-21(5,6)19-20(3,4)11-7-9-16/h16H,1,7-13H2,2-6H3. The maximum absolute atomic E-state index is 11.3. The van der Waals surface area contributed by atoms with Gasteiger partial charge in [0.25, 0.3) is 0 Å². The minimum absolute atomic E-state index is 0.0275. The van der Waals surface area contributed by atoms with Crippen LogP contribution in [-0.4, -0.2) is 47.3 Å². The number of aliphatic hydroxyl groups excluding tert-OH is 1. The summed E-state index contributed by atoms with van der Waals surface area (Å²) < 4.78 is 11.8. The van der Waals surface area contributed by atoms with Gasteiger partial charge in [-0.05, 0) is 63.6 Å². The Labute approximate surface area is 131 Å². The lowest BCUT2D eigenvalue weighted by molar-refractivity contribution is -0.119. The number of ketones is 1. The van der Waals surface area contributed by atoms with Crippen molar-refractivity contribution in [3.8, 4) is 0 Å². The summed E-state index contributed by atoms with van der Waals surface area (Å²) in [5, 5.41) is 8.94. The fraction of sp³-hybridized carbons (Fsp3) is 0.800. The van der Waals surface area contributed by atoms with E-state index in [1.54, 1.807) is 6.92 Å². The first-order chi connectivity index (χ1) is 9.59. The van der Waals surface area contributed by atoms with E-state index in [-0.39, 0.29) is 19.0 Å². The predicted octanol–water partition coefficient (Wildman–Crippen LogP) is 3.35. The van der Waals surface area contributed by atoms with E-state index in [2.05, 4.69) is 32.8 Å². The van der Waals surface area contributed by atoms with Crippen LogP contribution >= 0.6 is 0 Å². The van der Waals surface area contributed by atoms with Crippen LogP contribution in [-0.2, 0) is 13.6 Å². The van der Waals surface area contributed by atoms with Crippen LogP contribution in [0.2, 0.25) is 38.3 Å². The minimum atomic E-state index is -1.69. The highest BCUT2D eigenvalue weighted by molar-refractivity contribution is 6.84. The third-order valence-corrected chi connectivity index (χ3v) is 10.8. The summed E-state index contributed by atoms with van der Waals surface area (Å²) in [5.41, 5.74) is 0.546. The van der Waals surface area contributed by atoms with Crippen LogP contribution in [0.1, 0.15) is 19.8 Å². The molecule has 0 radical (unpaired) electrons. The van der Waals surface area contributed by atoms with E-state index < -0.39 is 16.6 Å². The van der Waals surface area contributed by atoms with Crippen LogP contribution < -0.4 is 0 Å². The highest BCUT2D eigenvalue weighted by atomic mass is 28.4. The summed E-state index contributed by atoms with van der Waals surface area (Å²) in [6.45, 7) is 15.2. The molecule has 0 aromatic heterocycles. The number of carbonyl (C=O) groups is 1. The van der Waals surface area contributed by atoms with Gasteiger partial charge in [0.15, 0.2) is 22.4 Å². The molecule has 0 aromatic rings. The first-order valence-electron chi connectivity index (χ1n) is 7.67. The number of hydrogen-bond donors (Lipinski definition) is 1. The highest BCUT2D eigenvalue weighted by Gasteiger charge is 2.32. The van der Waals surface area contributed by atoms with Crippen molar-refractivity contribution in [2.45, 2.75) is 58.0 Å². The number of hydrogen-bond acceptors (Lipinski definition) is 4. The zero-order valence-electron chi connectivity index (χ0n) is 14.3. The molecule has 0 rings (SSSR count). The van der Waals surface area contributed by atoms with Crippen molar-refractivity contribution in [1.82, 2.24) is 0 Å². The fourth-order valence-corrected chi connectivity index (χ4v) is 11.0. The molecule has 0 aliphatic rings. The van der Waals surface area contributed by atoms with Crippen LogP contribution in [0.25, 0.3) is 0 Å². The SMILES string of the molecule is C=C(C)C(=O)COCCC[Si](C)(C)O[Si](C)(C)CCCO. The lowest BCUT2D eigenvalue weighted by Crippen LogP contribution is -2.44. The molecule has 0 saturated carbocycles. The summed E-state index contributed by atoms with van der Waals surface area (Å²) in [4.78, 5) is 11.3. The Morgan fingerprint density at radius 3 is 2.10 bits per heavy atom. The predicted molar refractivity (Wildman–Crippen MR) is 92.6 cm³/mol. The van der Waals surface area contributed by atoms with Gasteiger partial charge in [0.05, 0.1) is 0 Å². The summed E-state index contributed by atoms with van der Waals surface area (Å²) >= 11 is 0. The van der Waals surface area contributed by atoms with E-state index in [0.29, 0.717) is 12.2 Å². The molecule has 0 aromatic carbocycles. The summed E-state index contributed by atoms with van der Waals surface area (Å²) in [6, 6.07) is 2.04. The molecule has 0 saturated heterocycles. The van der Waals surface area contributed by atoms with Crippen LogP contribution in [0.15, 0.2) is 12.2 Å². The molecule has 0 atom stereocenters. The van der Waals surface area contributed by atoms with E-state index in [0.717, 1.165) is 24.9 Å². The monoisotopic (exact) mass is 332 g/mol. The third kappa shape index (κ3) is 11.0. The van der Waals surface area contributed by atoms with E-state index in [1.165, 1.54) is 0 Å². The molecule has 0 heterocycles. The lowest BCUT2D eigenvalue weighted by atomic mass is 10.2. The number of ether oxygens (including phenoxy) is 1. The summed E-state index contributed by atoms with van der Waals surface area (Å²) in [6.07, 6.45) is 1.75. The Morgan fingerprint density at radius 1 is 1.10 bits per heavy atom. The van der Waals surface area contributed by atoms with Crippen molar-refractivity contribution in [2.75, 3.05) is 19.8 Å². The van der Waals surface area contributed by atoms with Crippen molar-refractivity contribution < 1.29 is 18.8 Å². The summed E-state index contributed by atoms with van der Waals surface area (Å²) in [7, 11) is -3.36. The molecule has 4 nitrogen and oxygen atoms in total. The van der Waals surface area contributed by atoms with Gasteiger partial charge < -0.3 is 14.0 Å². The molecule has 0 aliphatic heterocycles. The maximum Gasteiger partial charge on any atom is 0.183 e. The maximum atomic E-state index is 11.3. The molecular formula is C15H32O4Si2. The van der Waals surface area contributed by atoms with E-state index in [1.807, 2.05) is 0 Å². The second-order valence-electron chi connectivity index (χ2n) is 6.81. The van der Waals surface area contributed by atoms with Crippen molar-refractivity contribution in [3.05, 3.63) is 12.2 Å². The number of aliphatic hydroxyl groups is 1. The van der Waals surface area contributed by atoms with Crippen LogP contribution in [0.4, 0.5) is 0 Å². The Hall–Kier alpha value is -0.276. The van der Waals surface area contributed by atoms with Crippen molar-refractivity contribution in [2.24, 2.45) is 0 Å². The van der Waals surface area contributed by atoms with Gasteiger partial charge in [-0.25, -0.2) is 0 Å². The van der Waals surface area contributed by atoms with Crippen LogP contribution in [0.3, 0.4) is 0 Å². The van der Waals surface area contributed by atoms with Gasteiger partial charge in [-0.3, -0.25) is 4.79 Å². The second-order valence-corrected chi connectivity index (χ2v) is 15.7. The highest BCUT2D eigenvalue weighted by Crippen LogP contribution is 2.23. The van der Waals surface area contributed by atoms with Crippen LogP contribution in [0, 0.1) is 0 Å². The van der Waals surface area contributed by atoms with Crippen molar-refractivity contribution >= 4 is 22.4 Å².